The van der Waals surface area contributed by atoms with E-state index in [1.54, 1.807) is 0 Å². The van der Waals surface area contributed by atoms with E-state index >= 15 is 0 Å². The first-order valence-electron chi connectivity index (χ1n) is 5.31. The third-order valence-electron chi connectivity index (χ3n) is 1.87. The van der Waals surface area contributed by atoms with Crippen LogP contribution in [-0.4, -0.2) is 68.7 Å². The monoisotopic (exact) mass is 294 g/mol. The maximum atomic E-state index is 11.1. The minimum atomic E-state index is -2.51. The summed E-state index contributed by atoms with van der Waals surface area (Å²) in [7, 11) is 0. The number of aliphatic hydroxyl groups is 4. The standard InChI is InChI=1S/C10H14O10/c1-3(11)7(15)19-9(17)5(13)6(14)10(18)20-8(16)4(2)12/h3-6,11-14H,1-2H3. The van der Waals surface area contributed by atoms with Crippen LogP contribution in [0, 0.1) is 0 Å². The van der Waals surface area contributed by atoms with Gasteiger partial charge in [0.05, 0.1) is 0 Å². The van der Waals surface area contributed by atoms with Crippen molar-refractivity contribution in [3.8, 4) is 0 Å². The molecule has 0 aliphatic heterocycles. The summed E-state index contributed by atoms with van der Waals surface area (Å²) in [5.74, 6) is -6.25. The van der Waals surface area contributed by atoms with Gasteiger partial charge in [-0.1, -0.05) is 0 Å². The van der Waals surface area contributed by atoms with Crippen molar-refractivity contribution >= 4 is 23.9 Å². The van der Waals surface area contributed by atoms with Gasteiger partial charge in [-0.05, 0) is 13.8 Å². The lowest BCUT2D eigenvalue weighted by Gasteiger charge is -2.15. The molecule has 10 heteroatoms. The van der Waals surface area contributed by atoms with Gasteiger partial charge in [-0.2, -0.15) is 0 Å². The van der Waals surface area contributed by atoms with Gasteiger partial charge >= 0.3 is 23.9 Å². The fourth-order valence-electron chi connectivity index (χ4n) is 0.747. The highest BCUT2D eigenvalue weighted by Crippen LogP contribution is 2.02. The molecule has 0 aliphatic rings. The molecule has 0 aliphatic carbocycles. The minimum Gasteiger partial charge on any atom is -0.389 e. The van der Waals surface area contributed by atoms with Crippen molar-refractivity contribution in [2.45, 2.75) is 38.3 Å². The smallest absolute Gasteiger partial charge is 0.346 e. The predicted octanol–water partition coefficient (Wildman–Crippen LogP) is -3.39. The highest BCUT2D eigenvalue weighted by atomic mass is 16.6. The van der Waals surface area contributed by atoms with Crippen LogP contribution in [0.1, 0.15) is 13.8 Å². The maximum absolute atomic E-state index is 11.1. The normalized spacial score (nSPS) is 16.5. The number of carbonyl (C=O) groups is 4. The molecule has 0 fully saturated rings. The van der Waals surface area contributed by atoms with E-state index in [0.29, 0.717) is 0 Å². The molecule has 0 saturated heterocycles. The van der Waals surface area contributed by atoms with Gasteiger partial charge in [0, 0.05) is 0 Å². The van der Waals surface area contributed by atoms with Gasteiger partial charge in [-0.25, -0.2) is 19.2 Å². The van der Waals surface area contributed by atoms with Crippen molar-refractivity contribution in [3.63, 3.8) is 0 Å². The van der Waals surface area contributed by atoms with Gasteiger partial charge in [0.25, 0.3) is 0 Å². The van der Waals surface area contributed by atoms with E-state index in [0.717, 1.165) is 13.8 Å². The second-order valence-corrected chi connectivity index (χ2v) is 3.72. The molecule has 0 aromatic rings. The molecular weight excluding hydrogens is 280 g/mol. The number of hydrogen-bond donors (Lipinski definition) is 4. The quantitative estimate of drug-likeness (QED) is 0.296. The van der Waals surface area contributed by atoms with Crippen molar-refractivity contribution < 1.29 is 49.1 Å². The SMILES string of the molecule is CC(O)C(=O)OC(=O)C(O)C(O)C(=O)OC(=O)C(C)O. The molecule has 0 saturated carbocycles. The Balaban J connectivity index is 4.57. The van der Waals surface area contributed by atoms with Gasteiger partial charge in [-0.15, -0.1) is 0 Å². The van der Waals surface area contributed by atoms with Crippen LogP contribution in [-0.2, 0) is 28.7 Å². The molecule has 4 atom stereocenters. The molecule has 0 aromatic carbocycles. The molecule has 0 bridgehead atoms. The number of hydrogen-bond acceptors (Lipinski definition) is 10. The van der Waals surface area contributed by atoms with Crippen molar-refractivity contribution in [2.75, 3.05) is 0 Å². The van der Waals surface area contributed by atoms with E-state index in [9.17, 15) is 29.4 Å². The van der Waals surface area contributed by atoms with E-state index < -0.39 is 48.3 Å². The largest absolute Gasteiger partial charge is 0.389 e. The summed E-state index contributed by atoms with van der Waals surface area (Å²) < 4.78 is 7.83. The lowest BCUT2D eigenvalue weighted by molar-refractivity contribution is -0.184. The molecule has 0 rings (SSSR count). The first-order valence-corrected chi connectivity index (χ1v) is 5.31. The van der Waals surface area contributed by atoms with Gasteiger partial charge in [0.15, 0.2) is 12.2 Å². The Labute approximate surface area is 112 Å². The fraction of sp³-hybridized carbons (Fsp3) is 0.600. The summed E-state index contributed by atoms with van der Waals surface area (Å²) >= 11 is 0. The first-order chi connectivity index (χ1) is 9.07. The van der Waals surface area contributed by atoms with E-state index in [4.69, 9.17) is 10.2 Å². The number of ether oxygens (including phenoxy) is 2. The topological polar surface area (TPSA) is 168 Å². The molecule has 0 amide bonds. The van der Waals surface area contributed by atoms with Crippen LogP contribution in [0.3, 0.4) is 0 Å². The van der Waals surface area contributed by atoms with E-state index in [1.807, 2.05) is 0 Å². The second kappa shape index (κ2) is 7.65. The minimum absolute atomic E-state index is 0.980. The lowest BCUT2D eigenvalue weighted by Crippen LogP contribution is -2.44. The Morgan fingerprint density at radius 3 is 1.10 bits per heavy atom. The van der Waals surface area contributed by atoms with Gasteiger partial charge in [0.2, 0.25) is 0 Å². The van der Waals surface area contributed by atoms with Crippen molar-refractivity contribution in [1.82, 2.24) is 0 Å². The molecule has 0 radical (unpaired) electrons. The van der Waals surface area contributed by atoms with E-state index in [2.05, 4.69) is 9.47 Å². The summed E-state index contributed by atoms with van der Waals surface area (Å²) in [5, 5.41) is 35.9. The maximum Gasteiger partial charge on any atom is 0.346 e. The van der Waals surface area contributed by atoms with Crippen LogP contribution < -0.4 is 0 Å². The molecule has 20 heavy (non-hydrogen) atoms. The van der Waals surface area contributed by atoms with Crippen LogP contribution >= 0.6 is 0 Å². The third kappa shape index (κ3) is 5.40. The summed E-state index contributed by atoms with van der Waals surface area (Å²) in [4.78, 5) is 43.9. The van der Waals surface area contributed by atoms with Crippen molar-refractivity contribution in [3.05, 3.63) is 0 Å². The molecule has 4 N–H and O–H groups in total. The van der Waals surface area contributed by atoms with Crippen molar-refractivity contribution in [1.29, 1.82) is 0 Å². The van der Waals surface area contributed by atoms with Crippen molar-refractivity contribution in [2.24, 2.45) is 0 Å². The summed E-state index contributed by atoms with van der Waals surface area (Å²) in [6.07, 6.45) is -8.34. The number of rotatable bonds is 5. The van der Waals surface area contributed by atoms with Crippen LogP contribution in [0.4, 0.5) is 0 Å². The molecule has 114 valence electrons. The first kappa shape index (κ1) is 18.1. The third-order valence-corrected chi connectivity index (χ3v) is 1.87. The van der Waals surface area contributed by atoms with Gasteiger partial charge in [0.1, 0.15) is 12.2 Å². The van der Waals surface area contributed by atoms with Gasteiger partial charge in [-0.3, -0.25) is 0 Å². The molecule has 0 heterocycles. The predicted molar refractivity (Wildman–Crippen MR) is 57.6 cm³/mol. The Hall–Kier alpha value is -1.88. The fourth-order valence-corrected chi connectivity index (χ4v) is 0.747. The highest BCUT2D eigenvalue weighted by Gasteiger charge is 2.36. The Bertz CT molecular complexity index is 361. The molecular formula is C10H14O10. The number of aliphatic hydroxyl groups excluding tert-OH is 4. The second-order valence-electron chi connectivity index (χ2n) is 3.72. The van der Waals surface area contributed by atoms with E-state index in [1.165, 1.54) is 0 Å². The molecule has 0 aromatic heterocycles. The van der Waals surface area contributed by atoms with Crippen LogP contribution in [0.5, 0.6) is 0 Å². The summed E-state index contributed by atoms with van der Waals surface area (Å²) in [6.45, 7) is 1.96. The van der Waals surface area contributed by atoms with Gasteiger partial charge < -0.3 is 29.9 Å². The molecule has 4 unspecified atom stereocenters. The average molecular weight is 294 g/mol. The van der Waals surface area contributed by atoms with Crippen LogP contribution in [0.15, 0.2) is 0 Å². The average Bonchev–Trinajstić information content (AvgIpc) is 2.36. The Kier molecular flexibility index (Phi) is 6.93. The van der Waals surface area contributed by atoms with E-state index in [-0.39, 0.29) is 0 Å². The lowest BCUT2D eigenvalue weighted by atomic mass is 10.2. The number of esters is 4. The molecule has 10 nitrogen and oxygen atoms in total. The van der Waals surface area contributed by atoms with Crippen LogP contribution in [0.2, 0.25) is 0 Å². The molecule has 0 spiro atoms. The zero-order valence-electron chi connectivity index (χ0n) is 10.5. The summed E-state index contributed by atoms with van der Waals surface area (Å²) in [6, 6.07) is 0. The highest BCUT2D eigenvalue weighted by molar-refractivity contribution is 5.95. The Morgan fingerprint density at radius 2 is 0.900 bits per heavy atom. The summed E-state index contributed by atoms with van der Waals surface area (Å²) in [5.41, 5.74) is 0. The zero-order valence-corrected chi connectivity index (χ0v) is 10.5. The van der Waals surface area contributed by atoms with Crippen LogP contribution in [0.25, 0.3) is 0 Å². The number of carbonyl (C=O) groups excluding carboxylic acids is 4. The Morgan fingerprint density at radius 1 is 0.650 bits per heavy atom. The zero-order chi connectivity index (χ0) is 16.0.